The van der Waals surface area contributed by atoms with E-state index >= 15 is 0 Å². The maximum Gasteiger partial charge on any atom is 0.416 e. The van der Waals surface area contributed by atoms with Crippen molar-refractivity contribution in [1.29, 1.82) is 0 Å². The van der Waals surface area contributed by atoms with Crippen LogP contribution in [0.1, 0.15) is 5.56 Å². The molecule has 3 nitrogen and oxygen atoms in total. The second-order valence-electron chi connectivity index (χ2n) is 3.47. The molecule has 0 fully saturated rings. The fourth-order valence-corrected chi connectivity index (χ4v) is 2.05. The number of halogens is 5. The third-order valence-corrected chi connectivity index (χ3v) is 3.14. The van der Waals surface area contributed by atoms with Gasteiger partial charge < -0.3 is 5.73 Å². The van der Waals surface area contributed by atoms with Crippen molar-refractivity contribution in [3.05, 3.63) is 39.5 Å². The molecule has 0 atom stereocenters. The summed E-state index contributed by atoms with van der Waals surface area (Å²) in [5, 5.41) is 4.12. The van der Waals surface area contributed by atoms with Gasteiger partial charge in [-0.2, -0.15) is 13.2 Å². The van der Waals surface area contributed by atoms with Crippen LogP contribution < -0.4 is 5.73 Å². The SMILES string of the molecule is Nc1nn(-c2ccc(C(F)(F)F)cc2Br)cc1Cl. The van der Waals surface area contributed by atoms with E-state index in [4.69, 9.17) is 17.3 Å². The third-order valence-electron chi connectivity index (χ3n) is 2.22. The lowest BCUT2D eigenvalue weighted by atomic mass is 10.2. The van der Waals surface area contributed by atoms with Gasteiger partial charge in [-0.3, -0.25) is 0 Å². The summed E-state index contributed by atoms with van der Waals surface area (Å²) in [5.41, 5.74) is 5.14. The Bertz CT molecular complexity index is 575. The molecule has 0 aliphatic heterocycles. The maximum atomic E-state index is 12.5. The van der Waals surface area contributed by atoms with Crippen LogP contribution >= 0.6 is 27.5 Å². The largest absolute Gasteiger partial charge is 0.416 e. The minimum atomic E-state index is -4.39. The molecule has 0 aliphatic carbocycles. The molecule has 2 aromatic rings. The summed E-state index contributed by atoms with van der Waals surface area (Å²) in [5.74, 6) is 0.114. The van der Waals surface area contributed by atoms with Gasteiger partial charge in [0.05, 0.1) is 17.4 Å². The van der Waals surface area contributed by atoms with Gasteiger partial charge in [-0.25, -0.2) is 4.68 Å². The van der Waals surface area contributed by atoms with E-state index in [2.05, 4.69) is 21.0 Å². The van der Waals surface area contributed by atoms with Crippen molar-refractivity contribution in [2.75, 3.05) is 5.73 Å². The lowest BCUT2D eigenvalue weighted by Gasteiger charge is -2.09. The lowest BCUT2D eigenvalue weighted by Crippen LogP contribution is -2.06. The van der Waals surface area contributed by atoms with Crippen molar-refractivity contribution in [3.63, 3.8) is 0 Å². The van der Waals surface area contributed by atoms with Crippen LogP contribution in [0.5, 0.6) is 0 Å². The first-order valence-corrected chi connectivity index (χ1v) is 5.84. The maximum absolute atomic E-state index is 12.5. The molecule has 0 saturated carbocycles. The van der Waals surface area contributed by atoms with Crippen LogP contribution in [-0.4, -0.2) is 9.78 Å². The highest BCUT2D eigenvalue weighted by Crippen LogP contribution is 2.33. The number of rotatable bonds is 1. The Morgan fingerprint density at radius 3 is 2.44 bits per heavy atom. The molecule has 0 amide bonds. The Morgan fingerprint density at radius 1 is 1.33 bits per heavy atom. The van der Waals surface area contributed by atoms with E-state index in [0.717, 1.165) is 12.1 Å². The molecule has 0 unspecified atom stereocenters. The van der Waals surface area contributed by atoms with Crippen LogP contribution in [0.2, 0.25) is 5.02 Å². The van der Waals surface area contributed by atoms with Crippen LogP contribution in [-0.2, 0) is 6.18 Å². The first kappa shape index (κ1) is 13.2. The Hall–Kier alpha value is -1.21. The number of hydrogen-bond donors (Lipinski definition) is 1. The fourth-order valence-electron chi connectivity index (χ4n) is 1.36. The number of aromatic nitrogens is 2. The van der Waals surface area contributed by atoms with Gasteiger partial charge in [0, 0.05) is 4.47 Å². The predicted molar refractivity (Wildman–Crippen MR) is 65.7 cm³/mol. The number of benzene rings is 1. The number of nitrogens with zero attached hydrogens (tertiary/aromatic N) is 2. The summed E-state index contributed by atoms with van der Waals surface area (Å²) < 4.78 is 39.0. The third kappa shape index (κ3) is 2.46. The summed E-state index contributed by atoms with van der Waals surface area (Å²) >= 11 is 8.80. The molecule has 1 heterocycles. The molecule has 1 aromatic heterocycles. The monoisotopic (exact) mass is 339 g/mol. The summed E-state index contributed by atoms with van der Waals surface area (Å²) in [7, 11) is 0. The average Bonchev–Trinajstić information content (AvgIpc) is 2.57. The van der Waals surface area contributed by atoms with Crippen molar-refractivity contribution < 1.29 is 13.2 Å². The zero-order valence-electron chi connectivity index (χ0n) is 8.67. The first-order valence-electron chi connectivity index (χ1n) is 4.67. The fraction of sp³-hybridized carbons (Fsp3) is 0.100. The molecule has 18 heavy (non-hydrogen) atoms. The van der Waals surface area contributed by atoms with E-state index < -0.39 is 11.7 Å². The van der Waals surface area contributed by atoms with E-state index in [0.29, 0.717) is 5.69 Å². The second-order valence-corrected chi connectivity index (χ2v) is 4.73. The molecule has 2 rings (SSSR count). The zero-order chi connectivity index (χ0) is 13.5. The predicted octanol–water partition coefficient (Wildman–Crippen LogP) is 3.89. The van der Waals surface area contributed by atoms with Gasteiger partial charge in [-0.1, -0.05) is 11.6 Å². The van der Waals surface area contributed by atoms with Gasteiger partial charge in [0.15, 0.2) is 5.82 Å². The van der Waals surface area contributed by atoms with Crippen LogP contribution in [0.3, 0.4) is 0 Å². The average molecular weight is 341 g/mol. The van der Waals surface area contributed by atoms with Crippen LogP contribution in [0.25, 0.3) is 5.69 Å². The Labute approximate surface area is 113 Å². The van der Waals surface area contributed by atoms with Crippen molar-refractivity contribution >= 4 is 33.3 Å². The Morgan fingerprint density at radius 2 is 2.00 bits per heavy atom. The Balaban J connectivity index is 2.48. The van der Waals surface area contributed by atoms with Gasteiger partial charge in [-0.05, 0) is 34.1 Å². The molecule has 0 bridgehead atoms. The van der Waals surface area contributed by atoms with Crippen molar-refractivity contribution in [2.24, 2.45) is 0 Å². The number of nitrogen functional groups attached to an aromatic ring is 1. The molecule has 0 spiro atoms. The molecule has 1 aromatic carbocycles. The highest BCUT2D eigenvalue weighted by molar-refractivity contribution is 9.10. The molecular weight excluding hydrogens is 334 g/mol. The van der Waals surface area contributed by atoms with Gasteiger partial charge in [-0.15, -0.1) is 5.10 Å². The summed E-state index contributed by atoms with van der Waals surface area (Å²) in [6.45, 7) is 0. The number of anilines is 1. The summed E-state index contributed by atoms with van der Waals surface area (Å²) in [6, 6.07) is 3.22. The second kappa shape index (κ2) is 4.47. The minimum absolute atomic E-state index is 0.114. The van der Waals surface area contributed by atoms with E-state index in [9.17, 15) is 13.2 Å². The van der Waals surface area contributed by atoms with Crippen LogP contribution in [0, 0.1) is 0 Å². The molecule has 96 valence electrons. The summed E-state index contributed by atoms with van der Waals surface area (Å²) in [6.07, 6.45) is -2.97. The van der Waals surface area contributed by atoms with Gasteiger partial charge >= 0.3 is 6.18 Å². The van der Waals surface area contributed by atoms with Crippen molar-refractivity contribution in [1.82, 2.24) is 9.78 Å². The first-order chi connectivity index (χ1) is 8.29. The Kier molecular flexibility index (Phi) is 3.29. The van der Waals surface area contributed by atoms with Crippen molar-refractivity contribution in [2.45, 2.75) is 6.18 Å². The molecule has 0 saturated heterocycles. The normalized spacial score (nSPS) is 11.8. The van der Waals surface area contributed by atoms with E-state index in [-0.39, 0.29) is 15.3 Å². The van der Waals surface area contributed by atoms with Crippen LogP contribution in [0.15, 0.2) is 28.9 Å². The number of nitrogens with two attached hydrogens (primary N) is 1. The van der Waals surface area contributed by atoms with Gasteiger partial charge in [0.1, 0.15) is 5.02 Å². The molecular formula is C10H6BrClF3N3. The van der Waals surface area contributed by atoms with E-state index in [1.54, 1.807) is 0 Å². The lowest BCUT2D eigenvalue weighted by molar-refractivity contribution is -0.137. The number of alkyl halides is 3. The van der Waals surface area contributed by atoms with Gasteiger partial charge in [0.2, 0.25) is 0 Å². The zero-order valence-corrected chi connectivity index (χ0v) is 11.0. The smallest absolute Gasteiger partial charge is 0.381 e. The van der Waals surface area contributed by atoms with E-state index in [1.807, 2.05) is 0 Å². The topological polar surface area (TPSA) is 43.8 Å². The van der Waals surface area contributed by atoms with Crippen LogP contribution in [0.4, 0.5) is 19.0 Å². The quantitative estimate of drug-likeness (QED) is 0.856. The van der Waals surface area contributed by atoms with Crippen molar-refractivity contribution in [3.8, 4) is 5.69 Å². The van der Waals surface area contributed by atoms with E-state index in [1.165, 1.54) is 16.9 Å². The highest BCUT2D eigenvalue weighted by Gasteiger charge is 2.31. The molecule has 8 heteroatoms. The molecule has 2 N–H and O–H groups in total. The molecule has 0 radical (unpaired) electrons. The molecule has 0 aliphatic rings. The summed E-state index contributed by atoms with van der Waals surface area (Å²) in [4.78, 5) is 0. The van der Waals surface area contributed by atoms with Gasteiger partial charge in [0.25, 0.3) is 0 Å². The standard InChI is InChI=1S/C10H6BrClF3N3/c11-6-3-5(10(13,14)15)1-2-8(6)18-4-7(12)9(16)17-18/h1-4H,(H2,16,17). The minimum Gasteiger partial charge on any atom is -0.381 e. The number of hydrogen-bond acceptors (Lipinski definition) is 2. The highest BCUT2D eigenvalue weighted by atomic mass is 79.9.